The molecule has 0 spiro atoms. The molecule has 2 aliphatic rings. The Kier molecular flexibility index (Phi) is 3.96. The second-order valence-corrected chi connectivity index (χ2v) is 9.44. The van der Waals surface area contributed by atoms with Crippen molar-refractivity contribution in [1.82, 2.24) is 24.5 Å². The highest BCUT2D eigenvalue weighted by Gasteiger charge is 2.28. The summed E-state index contributed by atoms with van der Waals surface area (Å²) in [6.07, 6.45) is 5.66. The van der Waals surface area contributed by atoms with E-state index in [1.807, 2.05) is 11.8 Å². The molecule has 6 nitrogen and oxygen atoms in total. The Balaban J connectivity index is 1.64. The number of hydrogen-bond donors (Lipinski definition) is 0. The summed E-state index contributed by atoms with van der Waals surface area (Å²) in [7, 11) is 0. The topological polar surface area (TPSA) is 63.4 Å². The first-order chi connectivity index (χ1) is 13.0. The first-order valence-electron chi connectivity index (χ1n) is 9.98. The fourth-order valence-corrected chi connectivity index (χ4v) is 5.81. The zero-order chi connectivity index (χ0) is 18.7. The Morgan fingerprint density at radius 1 is 1.19 bits per heavy atom. The zero-order valence-corrected chi connectivity index (χ0v) is 17.0. The molecule has 0 bridgehead atoms. The van der Waals surface area contributed by atoms with Gasteiger partial charge in [-0.15, -0.1) is 16.4 Å². The first-order valence-corrected chi connectivity index (χ1v) is 10.8. The Morgan fingerprint density at radius 2 is 2.04 bits per heavy atom. The van der Waals surface area contributed by atoms with E-state index < -0.39 is 0 Å². The molecule has 1 aliphatic carbocycles. The lowest BCUT2D eigenvalue weighted by Gasteiger charge is -2.29. The standard InChI is InChI=1S/C20H25N5OS/c1-11-6-7-15-14(9-11)16-18-22-17(20(26)24-8-4-5-12(2)10-24)23-25(18)13(3)21-19(16)27-15/h11-12H,4-10H2,1-3H3/t11-,12-/m1/s1. The van der Waals surface area contributed by atoms with Crippen molar-refractivity contribution >= 4 is 33.1 Å². The lowest BCUT2D eigenvalue weighted by atomic mass is 9.89. The summed E-state index contributed by atoms with van der Waals surface area (Å²) in [5.41, 5.74) is 2.18. The molecule has 1 saturated heterocycles. The van der Waals surface area contributed by atoms with Crippen LogP contribution in [0.5, 0.6) is 0 Å². The van der Waals surface area contributed by atoms with Gasteiger partial charge in [-0.1, -0.05) is 13.8 Å². The number of carbonyl (C=O) groups excluding carboxylic acids is 1. The van der Waals surface area contributed by atoms with Crippen molar-refractivity contribution in [3.05, 3.63) is 22.1 Å². The molecule has 27 heavy (non-hydrogen) atoms. The molecule has 1 amide bonds. The Labute approximate surface area is 162 Å². The SMILES string of the molecule is Cc1nc2sc3c(c2c2nc(C(=O)N4CCC[C@@H](C)C4)nn12)C[C@H](C)CC3. The van der Waals surface area contributed by atoms with Crippen LogP contribution in [0.3, 0.4) is 0 Å². The highest BCUT2D eigenvalue weighted by molar-refractivity contribution is 7.19. The molecule has 0 radical (unpaired) electrons. The summed E-state index contributed by atoms with van der Waals surface area (Å²) in [6, 6.07) is 0. The third kappa shape index (κ3) is 2.74. The molecule has 1 fully saturated rings. The fraction of sp³-hybridized carbons (Fsp3) is 0.600. The van der Waals surface area contributed by atoms with Crippen molar-refractivity contribution in [2.24, 2.45) is 11.8 Å². The molecule has 7 heteroatoms. The van der Waals surface area contributed by atoms with Crippen molar-refractivity contribution in [3.8, 4) is 0 Å². The molecule has 3 aromatic rings. The molecular weight excluding hydrogens is 358 g/mol. The van der Waals surface area contributed by atoms with Crippen LogP contribution >= 0.6 is 11.3 Å². The van der Waals surface area contributed by atoms with Crippen LogP contribution < -0.4 is 0 Å². The van der Waals surface area contributed by atoms with Crippen LogP contribution in [0.2, 0.25) is 0 Å². The molecule has 142 valence electrons. The van der Waals surface area contributed by atoms with E-state index in [1.165, 1.54) is 23.3 Å². The van der Waals surface area contributed by atoms with E-state index in [2.05, 4.69) is 18.9 Å². The van der Waals surface area contributed by atoms with Gasteiger partial charge in [0.15, 0.2) is 5.65 Å². The van der Waals surface area contributed by atoms with E-state index in [1.54, 1.807) is 15.9 Å². The molecular formula is C20H25N5OS. The van der Waals surface area contributed by atoms with Crippen molar-refractivity contribution in [2.75, 3.05) is 13.1 Å². The van der Waals surface area contributed by atoms with Gasteiger partial charge in [-0.3, -0.25) is 4.79 Å². The monoisotopic (exact) mass is 383 g/mol. The van der Waals surface area contributed by atoms with Gasteiger partial charge in [-0.2, -0.15) is 4.52 Å². The van der Waals surface area contributed by atoms with Gasteiger partial charge in [0.1, 0.15) is 10.7 Å². The number of rotatable bonds is 1. The quantitative estimate of drug-likeness (QED) is 0.643. The summed E-state index contributed by atoms with van der Waals surface area (Å²) in [6.45, 7) is 8.05. The highest BCUT2D eigenvalue weighted by atomic mass is 32.1. The molecule has 0 saturated carbocycles. The number of piperidine rings is 1. The van der Waals surface area contributed by atoms with Gasteiger partial charge in [-0.05, 0) is 56.4 Å². The minimum Gasteiger partial charge on any atom is -0.336 e. The predicted molar refractivity (Wildman–Crippen MR) is 106 cm³/mol. The van der Waals surface area contributed by atoms with E-state index in [-0.39, 0.29) is 5.91 Å². The Bertz CT molecular complexity index is 1050. The minimum absolute atomic E-state index is 0.0461. The number of thiophene rings is 1. The molecule has 1 aliphatic heterocycles. The van der Waals surface area contributed by atoms with Crippen LogP contribution in [0.4, 0.5) is 0 Å². The fourth-order valence-electron chi connectivity index (χ4n) is 4.55. The molecule has 0 unspecified atom stereocenters. The third-order valence-corrected chi connectivity index (χ3v) is 7.21. The second kappa shape index (κ2) is 6.26. The maximum atomic E-state index is 13.0. The van der Waals surface area contributed by atoms with Gasteiger partial charge in [0.2, 0.25) is 5.82 Å². The van der Waals surface area contributed by atoms with Gasteiger partial charge in [-0.25, -0.2) is 9.97 Å². The van der Waals surface area contributed by atoms with Crippen LogP contribution in [0, 0.1) is 18.8 Å². The van der Waals surface area contributed by atoms with Gasteiger partial charge >= 0.3 is 0 Å². The summed E-state index contributed by atoms with van der Waals surface area (Å²) >= 11 is 1.79. The molecule has 0 aromatic carbocycles. The maximum absolute atomic E-state index is 13.0. The van der Waals surface area contributed by atoms with E-state index in [9.17, 15) is 4.79 Å². The first kappa shape index (κ1) is 17.1. The van der Waals surface area contributed by atoms with Crippen molar-refractivity contribution in [1.29, 1.82) is 0 Å². The smallest absolute Gasteiger partial charge is 0.293 e. The number of amides is 1. The van der Waals surface area contributed by atoms with E-state index in [4.69, 9.17) is 9.97 Å². The number of likely N-dealkylation sites (tertiary alicyclic amines) is 1. The van der Waals surface area contributed by atoms with Crippen LogP contribution in [-0.4, -0.2) is 43.5 Å². The number of nitrogens with zero attached hydrogens (tertiary/aromatic N) is 5. The number of carbonyl (C=O) groups is 1. The number of hydrogen-bond acceptors (Lipinski definition) is 5. The molecule has 5 rings (SSSR count). The highest BCUT2D eigenvalue weighted by Crippen LogP contribution is 2.39. The normalized spacial score (nSPS) is 23.1. The summed E-state index contributed by atoms with van der Waals surface area (Å²) in [5, 5.41) is 5.68. The Morgan fingerprint density at radius 3 is 2.85 bits per heavy atom. The van der Waals surface area contributed by atoms with E-state index in [0.29, 0.717) is 17.7 Å². The zero-order valence-electron chi connectivity index (χ0n) is 16.2. The lowest BCUT2D eigenvalue weighted by Crippen LogP contribution is -2.39. The summed E-state index contributed by atoms with van der Waals surface area (Å²) < 4.78 is 1.77. The van der Waals surface area contributed by atoms with Gasteiger partial charge in [0, 0.05) is 18.0 Å². The largest absolute Gasteiger partial charge is 0.336 e. The molecule has 3 aromatic heterocycles. The van der Waals surface area contributed by atoms with Crippen molar-refractivity contribution in [3.63, 3.8) is 0 Å². The molecule has 0 N–H and O–H groups in total. The van der Waals surface area contributed by atoms with Crippen molar-refractivity contribution in [2.45, 2.75) is 52.9 Å². The average molecular weight is 384 g/mol. The molecule has 4 heterocycles. The number of fused-ring (bicyclic) bond motifs is 5. The van der Waals surface area contributed by atoms with Crippen molar-refractivity contribution < 1.29 is 4.79 Å². The minimum atomic E-state index is -0.0461. The second-order valence-electron chi connectivity index (χ2n) is 8.36. The van der Waals surface area contributed by atoms with Gasteiger partial charge in [0.05, 0.1) is 5.39 Å². The van der Waals surface area contributed by atoms with Gasteiger partial charge in [0.25, 0.3) is 5.91 Å². The average Bonchev–Trinajstić information content (AvgIpc) is 3.22. The van der Waals surface area contributed by atoms with E-state index >= 15 is 0 Å². The predicted octanol–water partition coefficient (Wildman–Crippen LogP) is 3.64. The number of aryl methyl sites for hydroxylation is 2. The Hall–Kier alpha value is -2.02. The third-order valence-electron chi connectivity index (χ3n) is 6.03. The van der Waals surface area contributed by atoms with Crippen LogP contribution in [0.25, 0.3) is 15.9 Å². The van der Waals surface area contributed by atoms with Gasteiger partial charge < -0.3 is 4.90 Å². The number of aromatic nitrogens is 4. The lowest BCUT2D eigenvalue weighted by molar-refractivity contribution is 0.0671. The van der Waals surface area contributed by atoms with E-state index in [0.717, 1.165) is 54.0 Å². The summed E-state index contributed by atoms with van der Waals surface area (Å²) in [4.78, 5) is 26.9. The van der Waals surface area contributed by atoms with Crippen LogP contribution in [-0.2, 0) is 12.8 Å². The molecule has 2 atom stereocenters. The summed E-state index contributed by atoms with van der Waals surface area (Å²) in [5.74, 6) is 2.28. The maximum Gasteiger partial charge on any atom is 0.293 e. The van der Waals surface area contributed by atoms with Crippen LogP contribution in [0.15, 0.2) is 0 Å². The van der Waals surface area contributed by atoms with Crippen LogP contribution in [0.1, 0.15) is 60.0 Å².